The number of ether oxygens (including phenoxy) is 5. The Morgan fingerprint density at radius 2 is 1.76 bits per heavy atom. The van der Waals surface area contributed by atoms with E-state index in [0.717, 1.165) is 44.1 Å². The number of allylic oxidation sites excluding steroid dienone is 1. The van der Waals surface area contributed by atoms with Crippen molar-refractivity contribution in [2.24, 2.45) is 40.4 Å². The minimum absolute atomic E-state index is 0.000903. The number of Topliss-reactive ketones (excluding diaryl/α,β-unsaturated/α-hetero) is 1. The van der Waals surface area contributed by atoms with Crippen LogP contribution in [0.1, 0.15) is 65.7 Å². The number of esters is 1. The average molecular weight is 523 g/mol. The molecular formula is C29H46O8. The van der Waals surface area contributed by atoms with Gasteiger partial charge < -0.3 is 28.8 Å². The Kier molecular flexibility index (Phi) is 8.86. The van der Waals surface area contributed by atoms with Crippen LogP contribution in [0.5, 0.6) is 0 Å². The summed E-state index contributed by atoms with van der Waals surface area (Å²) in [5, 5.41) is 11.5. The third-order valence-corrected chi connectivity index (χ3v) is 10.5. The molecule has 0 radical (unpaired) electrons. The van der Waals surface area contributed by atoms with Crippen LogP contribution < -0.4 is 0 Å². The molecule has 0 heterocycles. The van der Waals surface area contributed by atoms with Gasteiger partial charge in [-0.1, -0.05) is 32.4 Å². The highest BCUT2D eigenvalue weighted by atomic mass is 16.7. The second-order valence-electron chi connectivity index (χ2n) is 12.3. The topological polar surface area (TPSA) is 101 Å². The molecule has 0 amide bonds. The number of ketones is 1. The first-order valence-corrected chi connectivity index (χ1v) is 13.8. The minimum atomic E-state index is -0.805. The van der Waals surface area contributed by atoms with Gasteiger partial charge in [0.25, 0.3) is 0 Å². The van der Waals surface area contributed by atoms with Crippen molar-refractivity contribution in [2.75, 3.05) is 34.9 Å². The van der Waals surface area contributed by atoms with Crippen molar-refractivity contribution in [2.45, 2.75) is 84.0 Å². The van der Waals surface area contributed by atoms with E-state index < -0.39 is 17.9 Å². The molecule has 0 spiro atoms. The summed E-state index contributed by atoms with van der Waals surface area (Å²) in [6.45, 7) is 7.22. The Morgan fingerprint density at radius 3 is 2.43 bits per heavy atom. The minimum Gasteiger partial charge on any atom is -0.463 e. The summed E-state index contributed by atoms with van der Waals surface area (Å²) < 4.78 is 27.5. The summed E-state index contributed by atoms with van der Waals surface area (Å²) in [6.07, 6.45) is 7.64. The molecule has 0 bridgehead atoms. The van der Waals surface area contributed by atoms with Crippen LogP contribution in [-0.4, -0.2) is 70.1 Å². The van der Waals surface area contributed by atoms with E-state index in [1.165, 1.54) is 7.11 Å². The lowest BCUT2D eigenvalue weighted by molar-refractivity contribution is -0.216. The van der Waals surface area contributed by atoms with Crippen molar-refractivity contribution in [3.05, 3.63) is 11.6 Å². The number of fused-ring (bicyclic) bond motifs is 5. The van der Waals surface area contributed by atoms with Crippen LogP contribution in [0, 0.1) is 40.4 Å². The number of methoxy groups -OCH3 is 3. The number of carbonyl (C=O) groups is 2. The number of aliphatic hydroxyl groups is 1. The predicted octanol–water partition coefficient (Wildman–Crippen LogP) is 3.89. The molecule has 4 rings (SSSR count). The zero-order chi connectivity index (χ0) is 27.0. The van der Waals surface area contributed by atoms with Crippen LogP contribution in [-0.2, 0) is 33.3 Å². The Morgan fingerprint density at radius 1 is 1.05 bits per heavy atom. The Balaban J connectivity index is 1.60. The van der Waals surface area contributed by atoms with Crippen LogP contribution in [0.2, 0.25) is 0 Å². The van der Waals surface area contributed by atoms with E-state index in [4.69, 9.17) is 18.9 Å². The summed E-state index contributed by atoms with van der Waals surface area (Å²) in [4.78, 5) is 24.1. The van der Waals surface area contributed by atoms with Gasteiger partial charge in [-0.15, -0.1) is 0 Å². The maximum Gasteiger partial charge on any atom is 0.374 e. The highest BCUT2D eigenvalue weighted by molar-refractivity contribution is 6.33. The molecule has 210 valence electrons. The van der Waals surface area contributed by atoms with Crippen molar-refractivity contribution in [1.82, 2.24) is 0 Å². The van der Waals surface area contributed by atoms with E-state index in [1.807, 2.05) is 13.0 Å². The average Bonchev–Trinajstić information content (AvgIpc) is 3.16. The van der Waals surface area contributed by atoms with E-state index in [1.54, 1.807) is 14.2 Å². The first-order valence-electron chi connectivity index (χ1n) is 13.8. The summed E-state index contributed by atoms with van der Waals surface area (Å²) in [5.41, 5.74) is 0.989. The van der Waals surface area contributed by atoms with Crippen molar-refractivity contribution in [3.8, 4) is 0 Å². The molecule has 0 aliphatic heterocycles. The van der Waals surface area contributed by atoms with E-state index in [0.29, 0.717) is 18.6 Å². The van der Waals surface area contributed by atoms with Crippen molar-refractivity contribution >= 4 is 11.8 Å². The zero-order valence-electron chi connectivity index (χ0n) is 23.4. The molecule has 1 N–H and O–H groups in total. The van der Waals surface area contributed by atoms with Crippen molar-refractivity contribution in [3.63, 3.8) is 0 Å². The molecule has 4 aliphatic carbocycles. The van der Waals surface area contributed by atoms with Crippen LogP contribution >= 0.6 is 0 Å². The molecule has 4 aliphatic rings. The molecule has 0 aromatic carbocycles. The zero-order valence-corrected chi connectivity index (χ0v) is 23.4. The van der Waals surface area contributed by atoms with E-state index in [9.17, 15) is 14.7 Å². The third-order valence-electron chi connectivity index (χ3n) is 10.5. The Bertz CT molecular complexity index is 872. The fourth-order valence-corrected chi connectivity index (χ4v) is 8.80. The predicted molar refractivity (Wildman–Crippen MR) is 136 cm³/mol. The van der Waals surface area contributed by atoms with Gasteiger partial charge in [-0.05, 0) is 73.0 Å². The second kappa shape index (κ2) is 11.4. The van der Waals surface area contributed by atoms with Gasteiger partial charge in [-0.25, -0.2) is 4.79 Å². The van der Waals surface area contributed by atoms with Crippen molar-refractivity contribution < 1.29 is 38.4 Å². The maximum absolute atomic E-state index is 12.4. The smallest absolute Gasteiger partial charge is 0.374 e. The molecule has 3 fully saturated rings. The molecule has 0 aromatic heterocycles. The van der Waals surface area contributed by atoms with Crippen LogP contribution in [0.3, 0.4) is 0 Å². The fraction of sp³-hybridized carbons (Fsp3) is 0.862. The number of rotatable bonds is 10. The molecule has 37 heavy (non-hydrogen) atoms. The number of hydrogen-bond donors (Lipinski definition) is 1. The summed E-state index contributed by atoms with van der Waals surface area (Å²) >= 11 is 0. The first kappa shape index (κ1) is 28.7. The first-order chi connectivity index (χ1) is 17.6. The number of aliphatic hydroxyl groups excluding tert-OH is 1. The van der Waals surface area contributed by atoms with Crippen molar-refractivity contribution in [1.29, 1.82) is 0 Å². The highest BCUT2D eigenvalue weighted by Gasteiger charge is 2.64. The van der Waals surface area contributed by atoms with Crippen LogP contribution in [0.25, 0.3) is 0 Å². The standard InChI is InChI=1S/C29H46O8/c1-17(11-23(31)27(32)35-6)21-14-22(30)26-25-20(8-10-29(21,26)3)28(2)9-7-19(36-15-33-4)12-18(28)13-24(25)37-16-34-5/h14,17-20,22,24-26,30H,7-13,15-16H2,1-6H3/t17-,18+,19-,20?,22+,24-,25?,26+,28+,29-/m1/s1. The molecule has 2 unspecified atom stereocenters. The van der Waals surface area contributed by atoms with E-state index >= 15 is 0 Å². The molecule has 10 atom stereocenters. The highest BCUT2D eigenvalue weighted by Crippen LogP contribution is 2.67. The lowest BCUT2D eigenvalue weighted by atomic mass is 9.43. The molecule has 3 saturated carbocycles. The molecular weight excluding hydrogens is 476 g/mol. The van der Waals surface area contributed by atoms with Gasteiger partial charge in [0.15, 0.2) is 0 Å². The lowest BCUT2D eigenvalue weighted by Crippen LogP contribution is -2.60. The van der Waals surface area contributed by atoms with Gasteiger partial charge in [0.2, 0.25) is 5.78 Å². The Labute approximate surface area is 221 Å². The lowest BCUT2D eigenvalue weighted by Gasteiger charge is -2.63. The largest absolute Gasteiger partial charge is 0.463 e. The molecule has 0 saturated heterocycles. The van der Waals surface area contributed by atoms with Gasteiger partial charge in [-0.2, -0.15) is 0 Å². The summed E-state index contributed by atoms with van der Waals surface area (Å²) in [7, 11) is 4.54. The number of carbonyl (C=O) groups excluding carboxylic acids is 2. The molecule has 8 nitrogen and oxygen atoms in total. The molecule has 8 heteroatoms. The van der Waals surface area contributed by atoms with Gasteiger partial charge in [0.1, 0.15) is 13.6 Å². The molecule has 0 aromatic rings. The van der Waals surface area contributed by atoms with Gasteiger partial charge in [-0.3, -0.25) is 4.79 Å². The Hall–Kier alpha value is -1.32. The second-order valence-corrected chi connectivity index (χ2v) is 12.3. The van der Waals surface area contributed by atoms with Gasteiger partial charge >= 0.3 is 5.97 Å². The SMILES string of the molecule is COCO[C@@H]1CC[C@]2(C)C3CC[C@]4(C)C([C@H](C)CC(=O)C(=O)OC)=C[C@H](O)[C@H]4C3[C@H](OCOC)C[C@@H]2C1. The summed E-state index contributed by atoms with van der Waals surface area (Å²) in [5.74, 6) is -0.403. The van der Waals surface area contributed by atoms with E-state index in [-0.39, 0.29) is 54.0 Å². The van der Waals surface area contributed by atoms with E-state index in [2.05, 4.69) is 18.6 Å². The summed E-state index contributed by atoms with van der Waals surface area (Å²) in [6, 6.07) is 0. The van der Waals surface area contributed by atoms with Crippen LogP contribution in [0.4, 0.5) is 0 Å². The monoisotopic (exact) mass is 522 g/mol. The van der Waals surface area contributed by atoms with Gasteiger partial charge in [0, 0.05) is 26.6 Å². The number of hydrogen-bond acceptors (Lipinski definition) is 8. The van der Waals surface area contributed by atoms with Gasteiger partial charge in [0.05, 0.1) is 25.4 Å². The van der Waals surface area contributed by atoms with Crippen LogP contribution in [0.15, 0.2) is 11.6 Å². The quantitative estimate of drug-likeness (QED) is 0.200. The maximum atomic E-state index is 12.4. The normalized spacial score (nSPS) is 41.7. The fourth-order valence-electron chi connectivity index (χ4n) is 8.80. The third kappa shape index (κ3) is 5.17.